The number of carbonyl (C=O) groups is 1. The zero-order valence-corrected chi connectivity index (χ0v) is 11.6. The number of para-hydroxylation sites is 1. The Kier molecular flexibility index (Phi) is 3.55. The van der Waals surface area contributed by atoms with Gasteiger partial charge >= 0.3 is 0 Å². The number of ether oxygens (including phenoxy) is 1. The second kappa shape index (κ2) is 5.49. The Balaban J connectivity index is 1.70. The molecule has 0 saturated carbocycles. The first-order chi connectivity index (χ1) is 9.79. The number of hydrogen-bond acceptors (Lipinski definition) is 2. The van der Waals surface area contributed by atoms with Gasteiger partial charge in [0.1, 0.15) is 5.75 Å². The Morgan fingerprint density at radius 1 is 1.15 bits per heavy atom. The number of rotatable bonds is 5. The molecule has 0 bridgehead atoms. The molecule has 0 N–H and O–H groups in total. The van der Waals surface area contributed by atoms with E-state index >= 15 is 0 Å². The van der Waals surface area contributed by atoms with Gasteiger partial charge in [-0.1, -0.05) is 43.3 Å². The van der Waals surface area contributed by atoms with Crippen LogP contribution in [0.2, 0.25) is 0 Å². The molecule has 2 heteroatoms. The minimum Gasteiger partial charge on any atom is -0.492 e. The van der Waals surface area contributed by atoms with Gasteiger partial charge in [-0.2, -0.15) is 0 Å². The lowest BCUT2D eigenvalue weighted by atomic mass is 9.78. The first-order valence-electron chi connectivity index (χ1n) is 7.12. The minimum atomic E-state index is 0.134. The van der Waals surface area contributed by atoms with Crippen LogP contribution in [0, 0.1) is 0 Å². The summed E-state index contributed by atoms with van der Waals surface area (Å²) in [5, 5.41) is 0. The molecule has 20 heavy (non-hydrogen) atoms. The van der Waals surface area contributed by atoms with Crippen molar-refractivity contribution in [3.63, 3.8) is 0 Å². The van der Waals surface area contributed by atoms with Gasteiger partial charge in [0.2, 0.25) is 0 Å². The van der Waals surface area contributed by atoms with Gasteiger partial charge in [0.15, 0.2) is 5.78 Å². The largest absolute Gasteiger partial charge is 0.492 e. The van der Waals surface area contributed by atoms with Gasteiger partial charge in [0, 0.05) is 12.3 Å². The molecule has 0 aliphatic heterocycles. The summed E-state index contributed by atoms with van der Waals surface area (Å²) in [6, 6.07) is 16.0. The second-order valence-electron chi connectivity index (χ2n) is 5.18. The summed E-state index contributed by atoms with van der Waals surface area (Å²) < 4.78 is 5.90. The predicted octanol–water partition coefficient (Wildman–Crippen LogP) is 4.00. The molecule has 0 spiro atoms. The molecule has 0 radical (unpaired) electrons. The highest BCUT2D eigenvalue weighted by atomic mass is 16.5. The lowest BCUT2D eigenvalue weighted by molar-refractivity contribution is 0.0983. The van der Waals surface area contributed by atoms with Crippen LogP contribution in [0.3, 0.4) is 0 Å². The molecule has 0 saturated heterocycles. The van der Waals surface area contributed by atoms with Gasteiger partial charge in [-0.25, -0.2) is 0 Å². The summed E-state index contributed by atoms with van der Waals surface area (Å²) in [5.41, 5.74) is 3.49. The molecule has 1 atom stereocenters. The highest BCUT2D eigenvalue weighted by Crippen LogP contribution is 2.35. The predicted molar refractivity (Wildman–Crippen MR) is 79.4 cm³/mol. The average molecular weight is 266 g/mol. The van der Waals surface area contributed by atoms with Crippen molar-refractivity contribution in [2.45, 2.75) is 25.7 Å². The van der Waals surface area contributed by atoms with E-state index in [2.05, 4.69) is 24.3 Å². The summed E-state index contributed by atoms with van der Waals surface area (Å²) in [6.07, 6.45) is 1.58. The third kappa shape index (κ3) is 2.34. The lowest BCUT2D eigenvalue weighted by Gasteiger charge is -2.30. The van der Waals surface area contributed by atoms with Gasteiger partial charge < -0.3 is 4.74 Å². The topological polar surface area (TPSA) is 26.3 Å². The molecule has 1 unspecified atom stereocenters. The maximum atomic E-state index is 11.9. The summed E-state index contributed by atoms with van der Waals surface area (Å²) in [4.78, 5) is 11.9. The molecule has 2 aromatic carbocycles. The van der Waals surface area contributed by atoms with Crippen LogP contribution in [-0.2, 0) is 6.42 Å². The fourth-order valence-electron chi connectivity index (χ4n) is 2.72. The van der Waals surface area contributed by atoms with Crippen molar-refractivity contribution < 1.29 is 9.53 Å². The molecular weight excluding hydrogens is 248 g/mol. The lowest BCUT2D eigenvalue weighted by Crippen LogP contribution is -2.23. The van der Waals surface area contributed by atoms with Crippen LogP contribution in [0.5, 0.6) is 5.75 Å². The van der Waals surface area contributed by atoms with E-state index in [9.17, 15) is 4.79 Å². The fraction of sp³-hybridized carbons (Fsp3) is 0.278. The second-order valence-corrected chi connectivity index (χ2v) is 5.18. The normalized spacial score (nSPS) is 16.1. The van der Waals surface area contributed by atoms with Crippen LogP contribution >= 0.6 is 0 Å². The van der Waals surface area contributed by atoms with Crippen LogP contribution in [0.1, 0.15) is 40.7 Å². The molecular formula is C18H18O2. The Morgan fingerprint density at radius 3 is 2.70 bits per heavy atom. The van der Waals surface area contributed by atoms with Gasteiger partial charge in [-0.05, 0) is 29.7 Å². The molecule has 0 amide bonds. The minimum absolute atomic E-state index is 0.134. The monoisotopic (exact) mass is 266 g/mol. The summed E-state index contributed by atoms with van der Waals surface area (Å²) in [5.74, 6) is 1.30. The number of ketones is 1. The first kappa shape index (κ1) is 12.9. The zero-order valence-electron chi connectivity index (χ0n) is 11.6. The fourth-order valence-corrected chi connectivity index (χ4v) is 2.72. The van der Waals surface area contributed by atoms with Crippen molar-refractivity contribution in [2.24, 2.45) is 0 Å². The van der Waals surface area contributed by atoms with Crippen molar-refractivity contribution in [1.82, 2.24) is 0 Å². The van der Waals surface area contributed by atoms with Crippen molar-refractivity contribution in [3.8, 4) is 5.75 Å². The van der Waals surface area contributed by atoms with Crippen LogP contribution in [-0.4, -0.2) is 12.4 Å². The van der Waals surface area contributed by atoms with E-state index < -0.39 is 0 Å². The molecule has 1 aliphatic carbocycles. The Bertz CT molecular complexity index is 631. The molecule has 102 valence electrons. The molecule has 0 fully saturated rings. The van der Waals surface area contributed by atoms with E-state index in [-0.39, 0.29) is 5.78 Å². The number of hydrogen-bond donors (Lipinski definition) is 0. The molecule has 2 nitrogen and oxygen atoms in total. The van der Waals surface area contributed by atoms with Crippen LogP contribution in [0.4, 0.5) is 0 Å². The van der Waals surface area contributed by atoms with Crippen LogP contribution < -0.4 is 4.74 Å². The summed E-state index contributed by atoms with van der Waals surface area (Å²) in [7, 11) is 0. The average Bonchev–Trinajstić information content (AvgIpc) is 2.48. The van der Waals surface area contributed by atoms with Crippen molar-refractivity contribution >= 4 is 5.78 Å². The molecule has 0 aromatic heterocycles. The van der Waals surface area contributed by atoms with E-state index in [1.165, 1.54) is 11.1 Å². The zero-order chi connectivity index (χ0) is 13.9. The highest BCUT2D eigenvalue weighted by Gasteiger charge is 2.26. The molecule has 0 heterocycles. The Labute approximate surface area is 119 Å². The molecule has 1 aliphatic rings. The molecule has 3 rings (SSSR count). The van der Waals surface area contributed by atoms with Crippen LogP contribution in [0.25, 0.3) is 0 Å². The third-order valence-electron chi connectivity index (χ3n) is 3.91. The van der Waals surface area contributed by atoms with Gasteiger partial charge in [0.05, 0.1) is 12.2 Å². The number of Topliss-reactive ketones (excluding diaryl/α,β-unsaturated/α-hetero) is 1. The maximum absolute atomic E-state index is 11.9. The summed E-state index contributed by atoms with van der Waals surface area (Å²) >= 11 is 0. The van der Waals surface area contributed by atoms with E-state index in [0.717, 1.165) is 6.42 Å². The van der Waals surface area contributed by atoms with Gasteiger partial charge in [-0.15, -0.1) is 0 Å². The highest BCUT2D eigenvalue weighted by molar-refractivity contribution is 5.98. The summed E-state index contributed by atoms with van der Waals surface area (Å²) in [6.45, 7) is 2.52. The quantitative estimate of drug-likeness (QED) is 0.765. The standard InChI is InChI=1S/C18H18O2/c1-2-17(19)16-9-5-6-10-18(16)20-12-14-11-13-7-3-4-8-15(13)14/h3-10,14H,2,11-12H2,1H3. The van der Waals surface area contributed by atoms with Crippen molar-refractivity contribution in [2.75, 3.05) is 6.61 Å². The van der Waals surface area contributed by atoms with E-state index in [1.54, 1.807) is 0 Å². The number of carbonyl (C=O) groups excluding carboxylic acids is 1. The third-order valence-corrected chi connectivity index (χ3v) is 3.91. The number of benzene rings is 2. The number of fused-ring (bicyclic) bond motifs is 1. The van der Waals surface area contributed by atoms with Crippen LogP contribution in [0.15, 0.2) is 48.5 Å². The van der Waals surface area contributed by atoms with Crippen molar-refractivity contribution in [1.29, 1.82) is 0 Å². The Morgan fingerprint density at radius 2 is 1.90 bits per heavy atom. The van der Waals surface area contributed by atoms with E-state index in [4.69, 9.17) is 4.74 Å². The maximum Gasteiger partial charge on any atom is 0.166 e. The van der Waals surface area contributed by atoms with Crippen molar-refractivity contribution in [3.05, 3.63) is 65.2 Å². The van der Waals surface area contributed by atoms with E-state index in [1.807, 2.05) is 31.2 Å². The molecule has 2 aromatic rings. The smallest absolute Gasteiger partial charge is 0.166 e. The van der Waals surface area contributed by atoms with Gasteiger partial charge in [0.25, 0.3) is 0 Å². The van der Waals surface area contributed by atoms with E-state index in [0.29, 0.717) is 30.3 Å². The first-order valence-corrected chi connectivity index (χ1v) is 7.12. The SMILES string of the molecule is CCC(=O)c1ccccc1OCC1Cc2ccccc21. The van der Waals surface area contributed by atoms with Gasteiger partial charge in [-0.3, -0.25) is 4.79 Å². The Hall–Kier alpha value is -2.09.